The Labute approximate surface area is 133 Å². The molecule has 0 radical (unpaired) electrons. The van der Waals surface area contributed by atoms with E-state index in [4.69, 9.17) is 4.74 Å². The lowest BCUT2D eigenvalue weighted by Gasteiger charge is -2.10. The SMILES string of the molecule is O=S(=O)(O)c1cc(-c2cnc3ccccc3c2)cc2c1OCC2. The second-order valence-corrected chi connectivity index (χ2v) is 6.84. The normalized spacial score (nSPS) is 13.8. The number of pyridine rings is 1. The van der Waals surface area contributed by atoms with Crippen LogP contribution in [-0.4, -0.2) is 24.6 Å². The Morgan fingerprint density at radius 1 is 1.09 bits per heavy atom. The lowest BCUT2D eigenvalue weighted by atomic mass is 10.0. The van der Waals surface area contributed by atoms with Crippen molar-refractivity contribution < 1.29 is 17.7 Å². The zero-order valence-corrected chi connectivity index (χ0v) is 12.9. The fourth-order valence-electron chi connectivity index (χ4n) is 2.86. The van der Waals surface area contributed by atoms with Crippen LogP contribution >= 0.6 is 0 Å². The molecule has 0 saturated heterocycles. The highest BCUT2D eigenvalue weighted by Crippen LogP contribution is 2.37. The molecule has 1 aromatic heterocycles. The Morgan fingerprint density at radius 2 is 1.91 bits per heavy atom. The van der Waals surface area contributed by atoms with Crippen molar-refractivity contribution in [3.05, 3.63) is 54.2 Å². The molecule has 23 heavy (non-hydrogen) atoms. The van der Waals surface area contributed by atoms with E-state index in [1.54, 1.807) is 6.20 Å². The number of ether oxygens (including phenoxy) is 1. The van der Waals surface area contributed by atoms with Crippen LogP contribution < -0.4 is 4.74 Å². The monoisotopic (exact) mass is 327 g/mol. The minimum Gasteiger partial charge on any atom is -0.491 e. The summed E-state index contributed by atoms with van der Waals surface area (Å²) in [6, 6.07) is 13.0. The summed E-state index contributed by atoms with van der Waals surface area (Å²) in [4.78, 5) is 4.22. The number of hydrogen-bond donors (Lipinski definition) is 1. The van der Waals surface area contributed by atoms with Crippen molar-refractivity contribution >= 4 is 21.0 Å². The third-order valence-electron chi connectivity index (χ3n) is 3.95. The van der Waals surface area contributed by atoms with Gasteiger partial charge in [0.25, 0.3) is 10.1 Å². The van der Waals surface area contributed by atoms with Gasteiger partial charge in [0.2, 0.25) is 0 Å². The van der Waals surface area contributed by atoms with Crippen LogP contribution in [0.4, 0.5) is 0 Å². The smallest absolute Gasteiger partial charge is 0.298 e. The number of benzene rings is 2. The zero-order valence-electron chi connectivity index (χ0n) is 12.1. The maximum absolute atomic E-state index is 11.6. The first-order valence-electron chi connectivity index (χ1n) is 7.15. The first-order valence-corrected chi connectivity index (χ1v) is 8.59. The molecule has 3 aromatic rings. The summed E-state index contributed by atoms with van der Waals surface area (Å²) in [5.41, 5.74) is 3.14. The van der Waals surface area contributed by atoms with Crippen LogP contribution in [0.25, 0.3) is 22.0 Å². The molecule has 0 fully saturated rings. The standard InChI is InChI=1S/C17H13NO4S/c19-23(20,21)16-9-13(8-12-5-6-22-17(12)16)14-7-11-3-1-2-4-15(11)18-10-14/h1-4,7-10H,5-6H2,(H,19,20,21). The van der Waals surface area contributed by atoms with Crippen LogP contribution in [0, 0.1) is 0 Å². The topological polar surface area (TPSA) is 76.5 Å². The molecule has 0 unspecified atom stereocenters. The van der Waals surface area contributed by atoms with E-state index < -0.39 is 10.1 Å². The van der Waals surface area contributed by atoms with E-state index in [1.807, 2.05) is 36.4 Å². The molecule has 2 heterocycles. The molecule has 0 spiro atoms. The summed E-state index contributed by atoms with van der Waals surface area (Å²) in [6.07, 6.45) is 2.32. The predicted octanol–water partition coefficient (Wildman–Crippen LogP) is 3.08. The third-order valence-corrected chi connectivity index (χ3v) is 4.81. The highest BCUT2D eigenvalue weighted by molar-refractivity contribution is 7.86. The van der Waals surface area contributed by atoms with Gasteiger partial charge < -0.3 is 4.74 Å². The molecule has 0 bridgehead atoms. The number of rotatable bonds is 2. The summed E-state index contributed by atoms with van der Waals surface area (Å²) in [5, 5.41) is 0.968. The second-order valence-electron chi connectivity index (χ2n) is 5.45. The molecular weight excluding hydrogens is 314 g/mol. The average molecular weight is 327 g/mol. The van der Waals surface area contributed by atoms with Crippen molar-refractivity contribution in [2.24, 2.45) is 0 Å². The Balaban J connectivity index is 1.94. The maximum atomic E-state index is 11.6. The van der Waals surface area contributed by atoms with Crippen LogP contribution in [0.15, 0.2) is 53.6 Å². The van der Waals surface area contributed by atoms with Crippen molar-refractivity contribution in [3.8, 4) is 16.9 Å². The van der Waals surface area contributed by atoms with Crippen LogP contribution in [0.3, 0.4) is 0 Å². The second kappa shape index (κ2) is 5.04. The number of aromatic nitrogens is 1. The van der Waals surface area contributed by atoms with Gasteiger partial charge in [-0.1, -0.05) is 18.2 Å². The summed E-state index contributed by atoms with van der Waals surface area (Å²) in [7, 11) is -4.35. The average Bonchev–Trinajstić information content (AvgIpc) is 3.00. The van der Waals surface area contributed by atoms with Gasteiger partial charge >= 0.3 is 0 Å². The van der Waals surface area contributed by atoms with E-state index in [9.17, 15) is 13.0 Å². The fourth-order valence-corrected chi connectivity index (χ4v) is 3.56. The van der Waals surface area contributed by atoms with E-state index >= 15 is 0 Å². The molecule has 0 saturated carbocycles. The first kappa shape index (κ1) is 14.2. The van der Waals surface area contributed by atoms with Crippen LogP contribution in [-0.2, 0) is 16.5 Å². The lowest BCUT2D eigenvalue weighted by Crippen LogP contribution is -2.01. The summed E-state index contributed by atoms with van der Waals surface area (Å²) < 4.78 is 38.1. The molecule has 1 aliphatic rings. The van der Waals surface area contributed by atoms with Crippen LogP contribution in [0.5, 0.6) is 5.75 Å². The molecule has 1 N–H and O–H groups in total. The molecule has 1 aliphatic heterocycles. The van der Waals surface area contributed by atoms with Crippen molar-refractivity contribution in [2.45, 2.75) is 11.3 Å². The molecule has 4 rings (SSSR count). The summed E-state index contributed by atoms with van der Waals surface area (Å²) in [5.74, 6) is 0.255. The molecule has 2 aromatic carbocycles. The Morgan fingerprint density at radius 3 is 2.74 bits per heavy atom. The highest BCUT2D eigenvalue weighted by Gasteiger charge is 2.25. The van der Waals surface area contributed by atoms with Gasteiger partial charge in [-0.2, -0.15) is 8.42 Å². The van der Waals surface area contributed by atoms with Gasteiger partial charge in [0.15, 0.2) is 0 Å². The zero-order chi connectivity index (χ0) is 16.0. The lowest BCUT2D eigenvalue weighted by molar-refractivity contribution is 0.346. The maximum Gasteiger partial charge on any atom is 0.298 e. The Hall–Kier alpha value is -2.44. The van der Waals surface area contributed by atoms with E-state index in [0.717, 1.165) is 22.0 Å². The minimum atomic E-state index is -4.35. The summed E-state index contributed by atoms with van der Waals surface area (Å²) >= 11 is 0. The van der Waals surface area contributed by atoms with Crippen molar-refractivity contribution in [1.29, 1.82) is 0 Å². The van der Waals surface area contributed by atoms with Crippen LogP contribution in [0.1, 0.15) is 5.56 Å². The molecule has 5 nitrogen and oxygen atoms in total. The van der Waals surface area contributed by atoms with Crippen LogP contribution in [0.2, 0.25) is 0 Å². The van der Waals surface area contributed by atoms with Gasteiger partial charge in [-0.05, 0) is 35.4 Å². The van der Waals surface area contributed by atoms with Gasteiger partial charge in [0.1, 0.15) is 10.6 Å². The largest absolute Gasteiger partial charge is 0.491 e. The quantitative estimate of drug-likeness (QED) is 0.732. The molecular formula is C17H13NO4S. The summed E-state index contributed by atoms with van der Waals surface area (Å²) in [6.45, 7) is 0.414. The van der Waals surface area contributed by atoms with E-state index in [0.29, 0.717) is 18.6 Å². The van der Waals surface area contributed by atoms with Crippen molar-refractivity contribution in [3.63, 3.8) is 0 Å². The molecule has 6 heteroatoms. The Kier molecular flexibility index (Phi) is 3.11. The van der Waals surface area contributed by atoms with Gasteiger partial charge in [-0.25, -0.2) is 0 Å². The van der Waals surface area contributed by atoms with E-state index in [2.05, 4.69) is 4.98 Å². The highest BCUT2D eigenvalue weighted by atomic mass is 32.2. The van der Waals surface area contributed by atoms with Gasteiger partial charge in [-0.15, -0.1) is 0 Å². The van der Waals surface area contributed by atoms with Crippen molar-refractivity contribution in [2.75, 3.05) is 6.61 Å². The molecule has 0 aliphatic carbocycles. The fraction of sp³-hybridized carbons (Fsp3) is 0.118. The molecule has 116 valence electrons. The van der Waals surface area contributed by atoms with Gasteiger partial charge in [0.05, 0.1) is 12.1 Å². The van der Waals surface area contributed by atoms with E-state index in [-0.39, 0.29) is 10.6 Å². The number of para-hydroxylation sites is 1. The first-order chi connectivity index (χ1) is 11.0. The number of fused-ring (bicyclic) bond motifs is 2. The minimum absolute atomic E-state index is 0.185. The third kappa shape index (κ3) is 2.46. The Bertz CT molecular complexity index is 1030. The van der Waals surface area contributed by atoms with Crippen molar-refractivity contribution in [1.82, 2.24) is 4.98 Å². The predicted molar refractivity (Wildman–Crippen MR) is 86.2 cm³/mol. The van der Waals surface area contributed by atoms with Gasteiger partial charge in [-0.3, -0.25) is 9.54 Å². The molecule has 0 amide bonds. The molecule has 0 atom stereocenters. The number of nitrogens with zero attached hydrogens (tertiary/aromatic N) is 1. The van der Waals surface area contributed by atoms with E-state index in [1.165, 1.54) is 6.07 Å². The number of hydrogen-bond acceptors (Lipinski definition) is 4. The van der Waals surface area contributed by atoms with Gasteiger partial charge in [0, 0.05) is 23.6 Å².